The van der Waals surface area contributed by atoms with Crippen LogP contribution in [0.3, 0.4) is 0 Å². The largest absolute Gasteiger partial charge is 0.438 e. The van der Waals surface area contributed by atoms with Crippen molar-refractivity contribution in [2.45, 2.75) is 12.1 Å². The molecule has 0 aliphatic carbocycles. The van der Waals surface area contributed by atoms with Crippen LogP contribution >= 0.6 is 11.3 Å². The van der Waals surface area contributed by atoms with E-state index in [0.29, 0.717) is 0 Å². The van der Waals surface area contributed by atoms with Gasteiger partial charge in [0.15, 0.2) is 6.10 Å². The number of alkyl carbamates (subject to hydrolysis) is 1. The molecule has 4 heteroatoms. The summed E-state index contributed by atoms with van der Waals surface area (Å²) in [6.07, 6.45) is -0.686. The second kappa shape index (κ2) is 6.84. The number of hydrogen-bond donors (Lipinski definition) is 1. The molecule has 25 heavy (non-hydrogen) atoms. The second-order valence-corrected chi connectivity index (χ2v) is 6.68. The maximum atomic E-state index is 11.8. The summed E-state index contributed by atoms with van der Waals surface area (Å²) in [5.41, 5.74) is 2.87. The summed E-state index contributed by atoms with van der Waals surface area (Å²) in [6.45, 7) is 0. The Bertz CT molecular complexity index is 939. The molecule has 3 aromatic rings. The minimum Gasteiger partial charge on any atom is -0.438 e. The summed E-state index contributed by atoms with van der Waals surface area (Å²) < 4.78 is 5.47. The predicted octanol–water partition coefficient (Wildman–Crippen LogP) is 4.67. The molecule has 122 valence electrons. The zero-order valence-corrected chi connectivity index (χ0v) is 14.1. The molecule has 2 atom stereocenters. The Hall–Kier alpha value is -3.03. The number of cyclic esters (lactones) is 1. The van der Waals surface area contributed by atoms with Crippen LogP contribution in [0.5, 0.6) is 0 Å². The quantitative estimate of drug-likeness (QED) is 0.686. The van der Waals surface area contributed by atoms with Crippen molar-refractivity contribution in [2.24, 2.45) is 0 Å². The number of carbonyl (C=O) groups is 1. The van der Waals surface area contributed by atoms with Gasteiger partial charge < -0.3 is 10.1 Å². The fraction of sp³-hybridized carbons (Fsp3) is 0.0952. The maximum absolute atomic E-state index is 11.8. The highest BCUT2D eigenvalue weighted by Gasteiger charge is 2.36. The van der Waals surface area contributed by atoms with Crippen LogP contribution in [-0.2, 0) is 4.74 Å². The highest BCUT2D eigenvalue weighted by molar-refractivity contribution is 7.10. The molecule has 0 radical (unpaired) electrons. The van der Waals surface area contributed by atoms with Gasteiger partial charge in [-0.05, 0) is 41.3 Å². The van der Waals surface area contributed by atoms with Gasteiger partial charge in [0.1, 0.15) is 0 Å². The van der Waals surface area contributed by atoms with Crippen molar-refractivity contribution in [2.75, 3.05) is 0 Å². The average molecular weight is 345 g/mol. The van der Waals surface area contributed by atoms with Gasteiger partial charge in [-0.15, -0.1) is 11.3 Å². The number of nitrogens with one attached hydrogen (secondary N) is 1. The van der Waals surface area contributed by atoms with Crippen LogP contribution in [0.4, 0.5) is 4.79 Å². The van der Waals surface area contributed by atoms with Crippen LogP contribution in [0.2, 0.25) is 0 Å². The van der Waals surface area contributed by atoms with Gasteiger partial charge in [-0.25, -0.2) is 4.79 Å². The molecule has 0 spiro atoms. The molecule has 1 aromatic heterocycles. The molecule has 1 saturated heterocycles. The number of benzene rings is 2. The molecule has 2 heterocycles. The van der Waals surface area contributed by atoms with Gasteiger partial charge in [0.2, 0.25) is 0 Å². The van der Waals surface area contributed by atoms with Crippen molar-refractivity contribution in [1.82, 2.24) is 5.32 Å². The van der Waals surface area contributed by atoms with Crippen molar-refractivity contribution >= 4 is 17.4 Å². The van der Waals surface area contributed by atoms with Crippen LogP contribution in [0.15, 0.2) is 72.1 Å². The summed E-state index contributed by atoms with van der Waals surface area (Å²) in [6, 6.07) is 21.6. The first-order valence-electron chi connectivity index (χ1n) is 7.97. The highest BCUT2D eigenvalue weighted by Crippen LogP contribution is 2.38. The molecular weight excluding hydrogens is 330 g/mol. The monoisotopic (exact) mass is 345 g/mol. The molecular formula is C21H15NO2S. The first-order valence-corrected chi connectivity index (χ1v) is 8.85. The summed E-state index contributed by atoms with van der Waals surface area (Å²) in [7, 11) is 0. The number of hydrogen-bond acceptors (Lipinski definition) is 3. The Morgan fingerprint density at radius 2 is 1.72 bits per heavy atom. The Morgan fingerprint density at radius 1 is 0.920 bits per heavy atom. The first kappa shape index (κ1) is 15.5. The average Bonchev–Trinajstić information content (AvgIpc) is 3.30. The van der Waals surface area contributed by atoms with Crippen LogP contribution in [0.25, 0.3) is 0 Å². The topological polar surface area (TPSA) is 38.3 Å². The van der Waals surface area contributed by atoms with Crippen molar-refractivity contribution in [3.8, 4) is 11.8 Å². The SMILES string of the molecule is O=C1N[C@H](c2cccc(C#Cc3ccccc3)c2)[C@H](c2cccs2)O1. The summed E-state index contributed by atoms with van der Waals surface area (Å²) in [5.74, 6) is 6.34. The molecule has 0 saturated carbocycles. The fourth-order valence-electron chi connectivity index (χ4n) is 2.83. The Kier molecular flexibility index (Phi) is 4.24. The van der Waals surface area contributed by atoms with E-state index < -0.39 is 0 Å². The third-order valence-corrected chi connectivity index (χ3v) is 4.94. The second-order valence-electron chi connectivity index (χ2n) is 5.70. The Balaban J connectivity index is 1.63. The van der Waals surface area contributed by atoms with Gasteiger partial charge in [0, 0.05) is 16.0 Å². The van der Waals surface area contributed by atoms with E-state index in [1.807, 2.05) is 72.1 Å². The van der Waals surface area contributed by atoms with E-state index in [1.54, 1.807) is 11.3 Å². The molecule has 1 aliphatic rings. The molecule has 1 fully saturated rings. The summed E-state index contributed by atoms with van der Waals surface area (Å²) >= 11 is 1.59. The van der Waals surface area contributed by atoms with E-state index >= 15 is 0 Å². The van der Waals surface area contributed by atoms with E-state index in [2.05, 4.69) is 17.2 Å². The number of thiophene rings is 1. The lowest BCUT2D eigenvalue weighted by atomic mass is 9.99. The van der Waals surface area contributed by atoms with E-state index in [0.717, 1.165) is 21.6 Å². The van der Waals surface area contributed by atoms with E-state index in [1.165, 1.54) is 0 Å². The first-order chi connectivity index (χ1) is 12.3. The van der Waals surface area contributed by atoms with Gasteiger partial charge in [-0.1, -0.05) is 48.2 Å². The van der Waals surface area contributed by atoms with E-state index in [9.17, 15) is 4.79 Å². The molecule has 4 rings (SSSR count). The third kappa shape index (κ3) is 3.42. The Labute approximate surface area is 150 Å². The number of rotatable bonds is 2. The standard InChI is InChI=1S/C21H15NO2S/c23-21-22-19(20(24-21)18-10-5-13-25-18)17-9-4-8-16(14-17)12-11-15-6-2-1-3-7-15/h1-10,13-14,19-20H,(H,22,23)/t19-,20+/m1/s1. The lowest BCUT2D eigenvalue weighted by Crippen LogP contribution is -2.19. The minimum atomic E-state index is -0.385. The lowest BCUT2D eigenvalue weighted by molar-refractivity contribution is 0.134. The third-order valence-electron chi connectivity index (χ3n) is 4.00. The molecule has 3 nitrogen and oxygen atoms in total. The summed E-state index contributed by atoms with van der Waals surface area (Å²) in [5, 5.41) is 4.89. The van der Waals surface area contributed by atoms with Crippen LogP contribution in [0, 0.1) is 11.8 Å². The number of amides is 1. The van der Waals surface area contributed by atoms with Crippen molar-refractivity contribution in [3.05, 3.63) is 93.7 Å². The Morgan fingerprint density at radius 3 is 2.52 bits per heavy atom. The lowest BCUT2D eigenvalue weighted by Gasteiger charge is -2.16. The zero-order chi connectivity index (χ0) is 17.1. The molecule has 0 bridgehead atoms. The van der Waals surface area contributed by atoms with Gasteiger partial charge in [-0.3, -0.25) is 0 Å². The van der Waals surface area contributed by atoms with Gasteiger partial charge >= 0.3 is 6.09 Å². The smallest absolute Gasteiger partial charge is 0.408 e. The van der Waals surface area contributed by atoms with Crippen LogP contribution in [0.1, 0.15) is 33.7 Å². The van der Waals surface area contributed by atoms with Gasteiger partial charge in [-0.2, -0.15) is 0 Å². The van der Waals surface area contributed by atoms with E-state index in [4.69, 9.17) is 4.74 Å². The predicted molar refractivity (Wildman–Crippen MR) is 98.3 cm³/mol. The van der Waals surface area contributed by atoms with Crippen molar-refractivity contribution in [3.63, 3.8) is 0 Å². The normalized spacial score (nSPS) is 18.8. The molecule has 0 unspecified atom stereocenters. The minimum absolute atomic E-state index is 0.204. The van der Waals surface area contributed by atoms with Crippen LogP contribution in [-0.4, -0.2) is 6.09 Å². The highest BCUT2D eigenvalue weighted by atomic mass is 32.1. The van der Waals surface area contributed by atoms with Crippen molar-refractivity contribution in [1.29, 1.82) is 0 Å². The zero-order valence-electron chi connectivity index (χ0n) is 13.3. The van der Waals surface area contributed by atoms with E-state index in [-0.39, 0.29) is 18.2 Å². The molecule has 1 amide bonds. The molecule has 2 aromatic carbocycles. The van der Waals surface area contributed by atoms with Crippen LogP contribution < -0.4 is 5.32 Å². The van der Waals surface area contributed by atoms with Gasteiger partial charge in [0.05, 0.1) is 6.04 Å². The van der Waals surface area contributed by atoms with Gasteiger partial charge in [0.25, 0.3) is 0 Å². The molecule has 1 aliphatic heterocycles. The molecule has 1 N–H and O–H groups in total. The maximum Gasteiger partial charge on any atom is 0.408 e. The van der Waals surface area contributed by atoms with Crippen molar-refractivity contribution < 1.29 is 9.53 Å². The number of ether oxygens (including phenoxy) is 1. The fourth-order valence-corrected chi connectivity index (χ4v) is 3.62. The number of carbonyl (C=O) groups excluding carboxylic acids is 1. The summed E-state index contributed by atoms with van der Waals surface area (Å²) in [4.78, 5) is 12.8.